The monoisotopic (exact) mass is 273 g/mol. The van der Waals surface area contributed by atoms with E-state index in [1.54, 1.807) is 6.92 Å². The van der Waals surface area contributed by atoms with Crippen LogP contribution in [0.25, 0.3) is 0 Å². The van der Waals surface area contributed by atoms with Crippen molar-refractivity contribution in [3.05, 3.63) is 18.2 Å². The third-order valence-electron chi connectivity index (χ3n) is 2.94. The highest BCUT2D eigenvalue weighted by atomic mass is 32.2. The molecule has 0 amide bonds. The molecule has 1 saturated heterocycles. The van der Waals surface area contributed by atoms with Crippen molar-refractivity contribution in [1.82, 2.24) is 14.3 Å². The Balaban J connectivity index is 2.23. The van der Waals surface area contributed by atoms with Gasteiger partial charge < -0.3 is 10.1 Å². The van der Waals surface area contributed by atoms with Crippen molar-refractivity contribution in [2.24, 2.45) is 5.92 Å². The van der Waals surface area contributed by atoms with Gasteiger partial charge in [-0.25, -0.2) is 13.4 Å². The quantitative estimate of drug-likeness (QED) is 0.783. The predicted molar refractivity (Wildman–Crippen MR) is 63.4 cm³/mol. The number of aliphatic carboxylic acids is 1. The number of sulfonamides is 1. The minimum absolute atomic E-state index is 0.0136. The van der Waals surface area contributed by atoms with E-state index in [9.17, 15) is 18.3 Å². The number of aromatic nitrogens is 2. The number of H-pyrrole nitrogens is 1. The van der Waals surface area contributed by atoms with Crippen LogP contribution in [0.3, 0.4) is 0 Å². The number of rotatable bonds is 4. The zero-order chi connectivity index (χ0) is 13.3. The van der Waals surface area contributed by atoms with E-state index in [1.807, 2.05) is 0 Å². The van der Waals surface area contributed by atoms with Gasteiger partial charge in [-0.1, -0.05) is 6.92 Å². The topological polar surface area (TPSA) is 103 Å². The van der Waals surface area contributed by atoms with Crippen molar-refractivity contribution in [3.8, 4) is 0 Å². The van der Waals surface area contributed by atoms with Crippen molar-refractivity contribution < 1.29 is 18.3 Å². The molecule has 2 N–H and O–H groups in total. The number of carboxylic acid groups (broad SMARTS) is 1. The SMILES string of the molecule is CC1CN(C(Cc2cnc[nH]2)C(=O)O)S(=O)(=O)C1. The van der Waals surface area contributed by atoms with E-state index in [-0.39, 0.29) is 24.6 Å². The molecule has 1 aromatic heterocycles. The first kappa shape index (κ1) is 13.0. The Kier molecular flexibility index (Phi) is 3.40. The Bertz CT molecular complexity index is 525. The van der Waals surface area contributed by atoms with Crippen LogP contribution < -0.4 is 0 Å². The van der Waals surface area contributed by atoms with Crippen LogP contribution in [0.2, 0.25) is 0 Å². The Morgan fingerprint density at radius 3 is 2.89 bits per heavy atom. The third-order valence-corrected chi connectivity index (χ3v) is 5.05. The highest BCUT2D eigenvalue weighted by Gasteiger charge is 2.41. The highest BCUT2D eigenvalue weighted by Crippen LogP contribution is 2.23. The van der Waals surface area contributed by atoms with Crippen LogP contribution in [0.1, 0.15) is 12.6 Å². The average molecular weight is 273 g/mol. The van der Waals surface area contributed by atoms with Crippen LogP contribution in [-0.2, 0) is 21.2 Å². The zero-order valence-corrected chi connectivity index (χ0v) is 10.7. The average Bonchev–Trinajstić information content (AvgIpc) is 2.82. The van der Waals surface area contributed by atoms with Gasteiger partial charge in [-0.15, -0.1) is 0 Å². The lowest BCUT2D eigenvalue weighted by atomic mass is 10.1. The Labute approximate surface area is 105 Å². The van der Waals surface area contributed by atoms with Crippen molar-refractivity contribution in [1.29, 1.82) is 0 Å². The van der Waals surface area contributed by atoms with Gasteiger partial charge in [0.1, 0.15) is 6.04 Å². The number of aromatic amines is 1. The second kappa shape index (κ2) is 4.69. The van der Waals surface area contributed by atoms with Crippen LogP contribution >= 0.6 is 0 Å². The number of hydrogen-bond acceptors (Lipinski definition) is 4. The second-order valence-electron chi connectivity index (χ2n) is 4.59. The molecule has 0 bridgehead atoms. The lowest BCUT2D eigenvalue weighted by Gasteiger charge is -2.22. The fourth-order valence-corrected chi connectivity index (χ4v) is 4.22. The fourth-order valence-electron chi connectivity index (χ4n) is 2.17. The minimum Gasteiger partial charge on any atom is -0.480 e. The number of nitrogens with one attached hydrogen (secondary N) is 1. The maximum Gasteiger partial charge on any atom is 0.322 e. The molecule has 1 fully saturated rings. The van der Waals surface area contributed by atoms with E-state index in [1.165, 1.54) is 12.5 Å². The molecule has 7 nitrogen and oxygen atoms in total. The Morgan fingerprint density at radius 2 is 2.44 bits per heavy atom. The van der Waals surface area contributed by atoms with Gasteiger partial charge in [0.15, 0.2) is 0 Å². The van der Waals surface area contributed by atoms with Gasteiger partial charge in [0, 0.05) is 24.9 Å². The van der Waals surface area contributed by atoms with E-state index < -0.39 is 22.0 Å². The molecule has 1 aromatic rings. The molecule has 0 aromatic carbocycles. The summed E-state index contributed by atoms with van der Waals surface area (Å²) < 4.78 is 24.9. The van der Waals surface area contributed by atoms with E-state index >= 15 is 0 Å². The van der Waals surface area contributed by atoms with Crippen molar-refractivity contribution in [2.45, 2.75) is 19.4 Å². The Morgan fingerprint density at radius 1 is 1.72 bits per heavy atom. The van der Waals surface area contributed by atoms with E-state index in [0.29, 0.717) is 5.69 Å². The standard InChI is InChI=1S/C10H15N3O4S/c1-7-4-13(18(16,17)5-7)9(10(14)15)2-8-3-11-6-12-8/h3,6-7,9H,2,4-5H2,1H3,(H,11,12)(H,14,15). The van der Waals surface area contributed by atoms with E-state index in [0.717, 1.165) is 4.31 Å². The summed E-state index contributed by atoms with van der Waals surface area (Å²) in [5, 5.41) is 9.21. The normalized spacial score (nSPS) is 25.1. The first-order chi connectivity index (χ1) is 8.40. The number of carboxylic acids is 1. The molecule has 0 spiro atoms. The van der Waals surface area contributed by atoms with Gasteiger partial charge >= 0.3 is 5.97 Å². The maximum absolute atomic E-state index is 11.9. The fraction of sp³-hybridized carbons (Fsp3) is 0.600. The van der Waals surface area contributed by atoms with E-state index in [2.05, 4.69) is 9.97 Å². The molecular formula is C10H15N3O4S. The lowest BCUT2D eigenvalue weighted by molar-refractivity contribution is -0.141. The van der Waals surface area contributed by atoms with Gasteiger partial charge in [0.2, 0.25) is 10.0 Å². The summed E-state index contributed by atoms with van der Waals surface area (Å²) in [7, 11) is -3.47. The minimum atomic E-state index is -3.47. The molecule has 100 valence electrons. The van der Waals surface area contributed by atoms with Crippen molar-refractivity contribution >= 4 is 16.0 Å². The Hall–Kier alpha value is -1.41. The summed E-state index contributed by atoms with van der Waals surface area (Å²) in [6.07, 6.45) is 3.04. The van der Waals surface area contributed by atoms with Crippen molar-refractivity contribution in [3.63, 3.8) is 0 Å². The summed E-state index contributed by atoms with van der Waals surface area (Å²) in [6.45, 7) is 2.06. The molecule has 1 aliphatic heterocycles. The van der Waals surface area contributed by atoms with Crippen molar-refractivity contribution in [2.75, 3.05) is 12.3 Å². The number of carbonyl (C=O) groups is 1. The molecule has 2 atom stereocenters. The van der Waals surface area contributed by atoms with Crippen LogP contribution in [-0.4, -0.2) is 52.1 Å². The molecule has 0 saturated carbocycles. The summed E-state index contributed by atoms with van der Waals surface area (Å²) in [5.41, 5.74) is 0.608. The van der Waals surface area contributed by atoms with Crippen LogP contribution in [0.4, 0.5) is 0 Å². The number of hydrogen-bond donors (Lipinski definition) is 2. The third kappa shape index (κ3) is 2.54. The summed E-state index contributed by atoms with van der Waals surface area (Å²) in [4.78, 5) is 17.9. The summed E-state index contributed by atoms with van der Waals surface area (Å²) in [6, 6.07) is -1.07. The number of nitrogens with zero attached hydrogens (tertiary/aromatic N) is 2. The van der Waals surface area contributed by atoms with E-state index in [4.69, 9.17) is 0 Å². The molecular weight excluding hydrogens is 258 g/mol. The van der Waals surface area contributed by atoms with Gasteiger partial charge in [-0.05, 0) is 5.92 Å². The van der Waals surface area contributed by atoms with Gasteiger partial charge in [0.05, 0.1) is 12.1 Å². The van der Waals surface area contributed by atoms with Crippen LogP contribution in [0, 0.1) is 5.92 Å². The summed E-state index contributed by atoms with van der Waals surface area (Å²) in [5.74, 6) is -1.17. The molecule has 8 heteroatoms. The molecule has 2 unspecified atom stereocenters. The smallest absolute Gasteiger partial charge is 0.322 e. The summed E-state index contributed by atoms with van der Waals surface area (Å²) >= 11 is 0. The van der Waals surface area contributed by atoms with Gasteiger partial charge in [-0.2, -0.15) is 4.31 Å². The largest absolute Gasteiger partial charge is 0.480 e. The molecule has 18 heavy (non-hydrogen) atoms. The van der Waals surface area contributed by atoms with Gasteiger partial charge in [0.25, 0.3) is 0 Å². The maximum atomic E-state index is 11.9. The van der Waals surface area contributed by atoms with Crippen LogP contribution in [0.15, 0.2) is 12.5 Å². The molecule has 2 heterocycles. The van der Waals surface area contributed by atoms with Gasteiger partial charge in [-0.3, -0.25) is 4.79 Å². The number of imidazole rings is 1. The first-order valence-corrected chi connectivity index (χ1v) is 7.20. The van der Waals surface area contributed by atoms with Crippen LogP contribution in [0.5, 0.6) is 0 Å². The molecule has 0 radical (unpaired) electrons. The first-order valence-electron chi connectivity index (χ1n) is 5.59. The zero-order valence-electron chi connectivity index (χ0n) is 9.91. The second-order valence-corrected chi connectivity index (χ2v) is 6.55. The molecule has 0 aliphatic carbocycles. The highest BCUT2D eigenvalue weighted by molar-refractivity contribution is 7.89. The lowest BCUT2D eigenvalue weighted by Crippen LogP contribution is -2.43. The molecule has 1 aliphatic rings. The predicted octanol–water partition coefficient (Wildman–Crippen LogP) is -0.313. The molecule has 2 rings (SSSR count).